The average Bonchev–Trinajstić information content (AvgIpc) is 2.54. The van der Waals surface area contributed by atoms with Gasteiger partial charge in [-0.1, -0.05) is 0 Å². The van der Waals surface area contributed by atoms with Crippen molar-refractivity contribution in [3.63, 3.8) is 0 Å². The van der Waals surface area contributed by atoms with Crippen LogP contribution in [0.25, 0.3) is 0 Å². The Kier molecular flexibility index (Phi) is 5.36. The van der Waals surface area contributed by atoms with Crippen LogP contribution in [0.3, 0.4) is 0 Å². The Morgan fingerprint density at radius 3 is 2.45 bits per heavy atom. The summed E-state index contributed by atoms with van der Waals surface area (Å²) >= 11 is 0. The van der Waals surface area contributed by atoms with Gasteiger partial charge in [0.1, 0.15) is 11.5 Å². The van der Waals surface area contributed by atoms with Crippen molar-refractivity contribution < 1.29 is 14.3 Å². The van der Waals surface area contributed by atoms with E-state index in [2.05, 4.69) is 10.3 Å². The van der Waals surface area contributed by atoms with E-state index < -0.39 is 0 Å². The molecule has 1 amide bonds. The first kappa shape index (κ1) is 15.8. The van der Waals surface area contributed by atoms with Crippen LogP contribution in [0.2, 0.25) is 0 Å². The number of nitrogens with one attached hydrogen (secondary N) is 1. The summed E-state index contributed by atoms with van der Waals surface area (Å²) in [5.41, 5.74) is 2.73. The molecule has 0 unspecified atom stereocenters. The second kappa shape index (κ2) is 7.45. The first-order chi connectivity index (χ1) is 10.6. The molecular weight excluding hydrogens is 280 g/mol. The average molecular weight is 300 g/mol. The zero-order valence-corrected chi connectivity index (χ0v) is 13.1. The number of methoxy groups -OCH3 is 2. The van der Waals surface area contributed by atoms with Crippen LogP contribution in [-0.4, -0.2) is 25.1 Å². The summed E-state index contributed by atoms with van der Waals surface area (Å²) in [7, 11) is 3.22. The van der Waals surface area contributed by atoms with Gasteiger partial charge in [-0.25, -0.2) is 0 Å². The summed E-state index contributed by atoms with van der Waals surface area (Å²) in [6, 6.07) is 7.49. The maximum absolute atomic E-state index is 12.0. The van der Waals surface area contributed by atoms with Crippen molar-refractivity contribution in [1.82, 2.24) is 4.98 Å². The van der Waals surface area contributed by atoms with Gasteiger partial charge in [-0.3, -0.25) is 9.78 Å². The fraction of sp³-hybridized carbons (Fsp3) is 0.294. The highest BCUT2D eigenvalue weighted by molar-refractivity contribution is 5.91. The number of amides is 1. The van der Waals surface area contributed by atoms with Gasteiger partial charge in [0.2, 0.25) is 5.91 Å². The van der Waals surface area contributed by atoms with Crippen LogP contribution in [0.4, 0.5) is 5.69 Å². The van der Waals surface area contributed by atoms with E-state index in [9.17, 15) is 4.79 Å². The highest BCUT2D eigenvalue weighted by atomic mass is 16.5. The largest absolute Gasteiger partial charge is 0.497 e. The van der Waals surface area contributed by atoms with E-state index in [1.807, 2.05) is 31.2 Å². The van der Waals surface area contributed by atoms with Crippen LogP contribution >= 0.6 is 0 Å². The molecule has 2 aromatic rings. The number of ether oxygens (including phenoxy) is 2. The van der Waals surface area contributed by atoms with Gasteiger partial charge in [0.05, 0.1) is 26.1 Å². The molecule has 0 radical (unpaired) electrons. The van der Waals surface area contributed by atoms with Gasteiger partial charge in [-0.05, 0) is 42.7 Å². The molecule has 5 nitrogen and oxygen atoms in total. The number of nitrogens with zero attached hydrogens (tertiary/aromatic N) is 1. The lowest BCUT2D eigenvalue weighted by Crippen LogP contribution is -2.13. The van der Waals surface area contributed by atoms with Crippen molar-refractivity contribution in [2.75, 3.05) is 19.5 Å². The van der Waals surface area contributed by atoms with Gasteiger partial charge < -0.3 is 14.8 Å². The van der Waals surface area contributed by atoms with Gasteiger partial charge in [-0.15, -0.1) is 0 Å². The highest BCUT2D eigenvalue weighted by Gasteiger charge is 2.07. The van der Waals surface area contributed by atoms with Crippen LogP contribution in [-0.2, 0) is 11.2 Å². The molecule has 0 aliphatic rings. The van der Waals surface area contributed by atoms with E-state index in [1.54, 1.807) is 26.6 Å². The van der Waals surface area contributed by atoms with Gasteiger partial charge in [0.15, 0.2) is 0 Å². The normalized spacial score (nSPS) is 10.1. The van der Waals surface area contributed by atoms with E-state index in [-0.39, 0.29) is 5.91 Å². The third-order valence-electron chi connectivity index (χ3n) is 3.37. The fourth-order valence-electron chi connectivity index (χ4n) is 2.08. The molecule has 5 heteroatoms. The maximum Gasteiger partial charge on any atom is 0.224 e. The van der Waals surface area contributed by atoms with Crippen LogP contribution in [0.15, 0.2) is 36.7 Å². The summed E-state index contributed by atoms with van der Waals surface area (Å²) in [6.45, 7) is 1.93. The number of hydrogen-bond donors (Lipinski definition) is 1. The fourth-order valence-corrected chi connectivity index (χ4v) is 2.08. The van der Waals surface area contributed by atoms with Crippen LogP contribution in [0, 0.1) is 6.92 Å². The quantitative estimate of drug-likeness (QED) is 0.891. The Bertz CT molecular complexity index is 634. The number of pyridine rings is 1. The lowest BCUT2D eigenvalue weighted by Gasteiger charge is -2.09. The smallest absolute Gasteiger partial charge is 0.224 e. The second-order valence-corrected chi connectivity index (χ2v) is 4.96. The maximum atomic E-state index is 12.0. The molecule has 0 saturated heterocycles. The molecule has 0 saturated carbocycles. The molecule has 1 aromatic carbocycles. The minimum atomic E-state index is -0.0436. The zero-order valence-electron chi connectivity index (χ0n) is 13.1. The van der Waals surface area contributed by atoms with Crippen molar-refractivity contribution >= 4 is 11.6 Å². The minimum Gasteiger partial charge on any atom is -0.497 e. The van der Waals surface area contributed by atoms with E-state index in [0.29, 0.717) is 12.8 Å². The predicted molar refractivity (Wildman–Crippen MR) is 85.5 cm³/mol. The molecule has 22 heavy (non-hydrogen) atoms. The standard InChI is InChI=1S/C17H20N2O3/c1-12-6-7-18-11-16(12)19-17(20)5-4-13-8-14(21-2)10-15(9-13)22-3/h6-11H,4-5H2,1-3H3,(H,19,20). The van der Waals surface area contributed by atoms with Crippen LogP contribution < -0.4 is 14.8 Å². The lowest BCUT2D eigenvalue weighted by molar-refractivity contribution is -0.116. The molecule has 116 valence electrons. The van der Waals surface area contributed by atoms with Crippen molar-refractivity contribution in [2.45, 2.75) is 19.8 Å². The first-order valence-corrected chi connectivity index (χ1v) is 7.05. The topological polar surface area (TPSA) is 60.5 Å². The molecule has 1 N–H and O–H groups in total. The summed E-state index contributed by atoms with van der Waals surface area (Å²) in [5, 5.41) is 2.87. The van der Waals surface area contributed by atoms with Gasteiger partial charge in [0, 0.05) is 18.7 Å². The molecule has 0 aliphatic heterocycles. The molecule has 0 fully saturated rings. The molecule has 1 aromatic heterocycles. The number of aryl methyl sites for hydroxylation is 2. The second-order valence-electron chi connectivity index (χ2n) is 4.96. The summed E-state index contributed by atoms with van der Waals surface area (Å²) in [5.74, 6) is 1.40. The molecular formula is C17H20N2O3. The van der Waals surface area contributed by atoms with Gasteiger partial charge >= 0.3 is 0 Å². The number of carbonyl (C=O) groups is 1. The van der Waals surface area contributed by atoms with E-state index in [0.717, 1.165) is 28.3 Å². The lowest BCUT2D eigenvalue weighted by atomic mass is 10.1. The zero-order chi connectivity index (χ0) is 15.9. The van der Waals surface area contributed by atoms with Gasteiger partial charge in [-0.2, -0.15) is 0 Å². The van der Waals surface area contributed by atoms with Crippen LogP contribution in [0.1, 0.15) is 17.5 Å². The van der Waals surface area contributed by atoms with E-state index in [4.69, 9.17) is 9.47 Å². The number of aromatic nitrogens is 1. The summed E-state index contributed by atoms with van der Waals surface area (Å²) in [6.07, 6.45) is 4.35. The molecule has 2 rings (SSSR count). The third kappa shape index (κ3) is 4.22. The van der Waals surface area contributed by atoms with Crippen molar-refractivity contribution in [3.8, 4) is 11.5 Å². The van der Waals surface area contributed by atoms with Crippen molar-refractivity contribution in [1.29, 1.82) is 0 Å². The van der Waals surface area contributed by atoms with Gasteiger partial charge in [0.25, 0.3) is 0 Å². The van der Waals surface area contributed by atoms with Crippen molar-refractivity contribution in [2.24, 2.45) is 0 Å². The number of benzene rings is 1. The molecule has 0 bridgehead atoms. The monoisotopic (exact) mass is 300 g/mol. The predicted octanol–water partition coefficient (Wildman–Crippen LogP) is 2.98. The Morgan fingerprint density at radius 1 is 1.18 bits per heavy atom. The number of carbonyl (C=O) groups excluding carboxylic acids is 1. The number of anilines is 1. The number of hydrogen-bond acceptors (Lipinski definition) is 4. The highest BCUT2D eigenvalue weighted by Crippen LogP contribution is 2.23. The Labute approximate surface area is 130 Å². The first-order valence-electron chi connectivity index (χ1n) is 7.05. The van der Waals surface area contributed by atoms with E-state index >= 15 is 0 Å². The third-order valence-corrected chi connectivity index (χ3v) is 3.37. The Balaban J connectivity index is 1.98. The Morgan fingerprint density at radius 2 is 1.86 bits per heavy atom. The molecule has 1 heterocycles. The van der Waals surface area contributed by atoms with Crippen LogP contribution in [0.5, 0.6) is 11.5 Å². The minimum absolute atomic E-state index is 0.0436. The van der Waals surface area contributed by atoms with E-state index in [1.165, 1.54) is 0 Å². The summed E-state index contributed by atoms with van der Waals surface area (Å²) in [4.78, 5) is 16.1. The molecule has 0 atom stereocenters. The Hall–Kier alpha value is -2.56. The van der Waals surface area contributed by atoms with Crippen molar-refractivity contribution in [3.05, 3.63) is 47.8 Å². The molecule has 0 spiro atoms. The SMILES string of the molecule is COc1cc(CCC(=O)Nc2cnccc2C)cc(OC)c1. The number of rotatable bonds is 6. The molecule has 0 aliphatic carbocycles. The summed E-state index contributed by atoms with van der Waals surface area (Å²) < 4.78 is 10.5.